The largest absolute Gasteiger partial charge is 0.444 e. The van der Waals surface area contributed by atoms with Crippen LogP contribution in [0.2, 0.25) is 0 Å². The minimum absolute atomic E-state index is 0.241. The van der Waals surface area contributed by atoms with Gasteiger partial charge in [0.05, 0.1) is 11.1 Å². The summed E-state index contributed by atoms with van der Waals surface area (Å²) in [5, 5.41) is 0. The summed E-state index contributed by atoms with van der Waals surface area (Å²) in [4.78, 5) is 16.4. The Morgan fingerprint density at radius 2 is 1.89 bits per heavy atom. The number of hydrogen-bond donors (Lipinski definition) is 0. The number of halogens is 4. The van der Waals surface area contributed by atoms with Crippen molar-refractivity contribution in [1.29, 1.82) is 0 Å². The molecule has 2 fully saturated rings. The fraction of sp³-hybridized carbons (Fsp3) is 0.632. The van der Waals surface area contributed by atoms with Crippen molar-refractivity contribution >= 4 is 22.0 Å². The Morgan fingerprint density at radius 3 is 2.44 bits per heavy atom. The predicted molar refractivity (Wildman–Crippen MR) is 99.3 cm³/mol. The summed E-state index contributed by atoms with van der Waals surface area (Å²) in [7, 11) is 0. The molecular formula is C19H24BrF3N2O2. The summed E-state index contributed by atoms with van der Waals surface area (Å²) in [6.45, 7) is 7.70. The van der Waals surface area contributed by atoms with Crippen molar-refractivity contribution < 1.29 is 22.7 Å². The van der Waals surface area contributed by atoms with E-state index in [4.69, 9.17) is 4.74 Å². The van der Waals surface area contributed by atoms with Gasteiger partial charge in [0.15, 0.2) is 0 Å². The summed E-state index contributed by atoms with van der Waals surface area (Å²) < 4.78 is 45.2. The molecule has 1 aliphatic carbocycles. The van der Waals surface area contributed by atoms with Crippen molar-refractivity contribution in [3.8, 4) is 0 Å². The van der Waals surface area contributed by atoms with Crippen molar-refractivity contribution in [2.75, 3.05) is 19.6 Å². The van der Waals surface area contributed by atoms with Gasteiger partial charge in [-0.3, -0.25) is 9.80 Å². The van der Waals surface area contributed by atoms with Crippen molar-refractivity contribution in [2.24, 2.45) is 0 Å². The third-order valence-electron chi connectivity index (χ3n) is 4.94. The smallest absolute Gasteiger partial charge is 0.416 e. The molecule has 1 amide bonds. The number of nitrogens with zero attached hydrogens (tertiary/aromatic N) is 2. The van der Waals surface area contributed by atoms with E-state index in [0.29, 0.717) is 36.2 Å². The highest BCUT2D eigenvalue weighted by Crippen LogP contribution is 2.45. The molecule has 0 unspecified atom stereocenters. The Kier molecular flexibility index (Phi) is 5.27. The van der Waals surface area contributed by atoms with Crippen molar-refractivity contribution in [3.63, 3.8) is 0 Å². The highest BCUT2D eigenvalue weighted by atomic mass is 79.9. The van der Waals surface area contributed by atoms with E-state index >= 15 is 0 Å². The van der Waals surface area contributed by atoms with Gasteiger partial charge in [0.25, 0.3) is 0 Å². The van der Waals surface area contributed by atoms with Crippen molar-refractivity contribution in [3.05, 3.63) is 33.8 Å². The van der Waals surface area contributed by atoms with Crippen LogP contribution >= 0.6 is 15.9 Å². The fourth-order valence-corrected chi connectivity index (χ4v) is 3.85. The summed E-state index contributed by atoms with van der Waals surface area (Å²) in [6.07, 6.45) is -2.87. The van der Waals surface area contributed by atoms with Crippen LogP contribution in [0.5, 0.6) is 0 Å². The molecule has 150 valence electrons. The van der Waals surface area contributed by atoms with Crippen LogP contribution in [0.1, 0.15) is 44.7 Å². The van der Waals surface area contributed by atoms with Crippen LogP contribution in [0.25, 0.3) is 0 Å². The average molecular weight is 449 g/mol. The van der Waals surface area contributed by atoms with Crippen LogP contribution in [0.3, 0.4) is 0 Å². The number of hydrogen-bond acceptors (Lipinski definition) is 3. The van der Waals surface area contributed by atoms with E-state index in [1.54, 1.807) is 4.90 Å². The molecule has 4 nitrogen and oxygen atoms in total. The van der Waals surface area contributed by atoms with E-state index in [9.17, 15) is 18.0 Å². The van der Waals surface area contributed by atoms with Gasteiger partial charge in [0, 0.05) is 30.7 Å². The zero-order chi connectivity index (χ0) is 20.0. The molecular weight excluding hydrogens is 425 g/mol. The second-order valence-electron chi connectivity index (χ2n) is 8.37. The zero-order valence-corrected chi connectivity index (χ0v) is 17.3. The molecule has 2 aliphatic rings. The van der Waals surface area contributed by atoms with Crippen LogP contribution in [-0.4, -0.2) is 46.7 Å². The second kappa shape index (κ2) is 6.95. The van der Waals surface area contributed by atoms with Gasteiger partial charge in [-0.05, 0) is 57.4 Å². The van der Waals surface area contributed by atoms with Crippen LogP contribution in [0, 0.1) is 0 Å². The third kappa shape index (κ3) is 4.77. The predicted octanol–water partition coefficient (Wildman–Crippen LogP) is 5.05. The summed E-state index contributed by atoms with van der Waals surface area (Å²) in [6, 6.07) is 3.72. The molecule has 1 aromatic rings. The van der Waals surface area contributed by atoms with E-state index in [2.05, 4.69) is 20.8 Å². The fourth-order valence-electron chi connectivity index (χ4n) is 3.48. The van der Waals surface area contributed by atoms with Crippen LogP contribution in [0.15, 0.2) is 22.7 Å². The number of alkyl halides is 3. The number of carbonyl (C=O) groups excluding carboxylic acids is 1. The number of piperazine rings is 1. The first kappa shape index (κ1) is 20.5. The molecule has 1 aromatic carbocycles. The Labute approximate surface area is 165 Å². The number of rotatable bonds is 2. The minimum Gasteiger partial charge on any atom is -0.444 e. The first-order valence-electron chi connectivity index (χ1n) is 8.98. The van der Waals surface area contributed by atoms with Gasteiger partial charge in [-0.15, -0.1) is 0 Å². The van der Waals surface area contributed by atoms with E-state index in [-0.39, 0.29) is 11.6 Å². The van der Waals surface area contributed by atoms with Gasteiger partial charge in [0.1, 0.15) is 5.60 Å². The molecule has 1 aliphatic heterocycles. The normalized spacial score (nSPS) is 20.0. The SMILES string of the molecule is CC(C)(C)OC(=O)N1CCN(Cc2cc(C(F)(F)F)ccc2Br)CC12CC2. The molecule has 1 saturated heterocycles. The Morgan fingerprint density at radius 1 is 1.22 bits per heavy atom. The molecule has 8 heteroatoms. The van der Waals surface area contributed by atoms with E-state index < -0.39 is 17.3 Å². The maximum atomic E-state index is 13.0. The molecule has 0 bridgehead atoms. The highest BCUT2D eigenvalue weighted by molar-refractivity contribution is 9.10. The first-order valence-corrected chi connectivity index (χ1v) is 9.78. The lowest BCUT2D eigenvalue weighted by Gasteiger charge is -2.42. The van der Waals surface area contributed by atoms with E-state index in [1.807, 2.05) is 20.8 Å². The molecule has 0 N–H and O–H groups in total. The molecule has 0 atom stereocenters. The van der Waals surface area contributed by atoms with Crippen LogP contribution in [0.4, 0.5) is 18.0 Å². The van der Waals surface area contributed by atoms with Crippen LogP contribution < -0.4 is 0 Å². The maximum Gasteiger partial charge on any atom is 0.416 e. The lowest BCUT2D eigenvalue weighted by molar-refractivity contribution is -0.137. The second-order valence-corrected chi connectivity index (χ2v) is 9.23. The monoisotopic (exact) mass is 448 g/mol. The Bertz CT molecular complexity index is 727. The topological polar surface area (TPSA) is 32.8 Å². The summed E-state index contributed by atoms with van der Waals surface area (Å²) in [5.74, 6) is 0. The minimum atomic E-state index is -4.36. The molecule has 1 heterocycles. The molecule has 1 saturated carbocycles. The molecule has 0 aromatic heterocycles. The van der Waals surface area contributed by atoms with Gasteiger partial charge < -0.3 is 4.74 Å². The van der Waals surface area contributed by atoms with Gasteiger partial charge in [-0.25, -0.2) is 4.79 Å². The number of ether oxygens (including phenoxy) is 1. The van der Waals surface area contributed by atoms with Gasteiger partial charge in [-0.1, -0.05) is 15.9 Å². The van der Waals surface area contributed by atoms with Gasteiger partial charge >= 0.3 is 12.3 Å². The lowest BCUT2D eigenvalue weighted by Crippen LogP contribution is -2.57. The molecule has 1 spiro atoms. The lowest BCUT2D eigenvalue weighted by atomic mass is 10.1. The van der Waals surface area contributed by atoms with E-state index in [1.165, 1.54) is 12.1 Å². The first-order chi connectivity index (χ1) is 12.4. The Balaban J connectivity index is 1.69. The quantitative estimate of drug-likeness (QED) is 0.634. The van der Waals surface area contributed by atoms with Gasteiger partial charge in [-0.2, -0.15) is 13.2 Å². The number of amides is 1. The number of carbonyl (C=O) groups is 1. The highest BCUT2D eigenvalue weighted by Gasteiger charge is 2.54. The standard InChI is InChI=1S/C19H24BrF3N2O2/c1-17(2,3)27-16(26)25-9-8-24(12-18(25)6-7-18)11-13-10-14(19(21,22)23)4-5-15(13)20/h4-5,10H,6-9,11-12H2,1-3H3. The third-order valence-corrected chi connectivity index (χ3v) is 5.71. The number of benzene rings is 1. The van der Waals surface area contributed by atoms with Crippen molar-refractivity contribution in [2.45, 2.75) is 57.5 Å². The average Bonchev–Trinajstić information content (AvgIpc) is 3.26. The molecule has 3 rings (SSSR count). The van der Waals surface area contributed by atoms with Gasteiger partial charge in [0.2, 0.25) is 0 Å². The Hall–Kier alpha value is -1.28. The summed E-state index contributed by atoms with van der Waals surface area (Å²) >= 11 is 3.36. The van der Waals surface area contributed by atoms with Crippen molar-refractivity contribution in [1.82, 2.24) is 9.80 Å². The maximum absolute atomic E-state index is 13.0. The summed E-state index contributed by atoms with van der Waals surface area (Å²) in [5.41, 5.74) is -0.831. The zero-order valence-electron chi connectivity index (χ0n) is 15.7. The molecule has 27 heavy (non-hydrogen) atoms. The van der Waals surface area contributed by atoms with Crippen LogP contribution in [-0.2, 0) is 17.5 Å². The van der Waals surface area contributed by atoms with E-state index in [0.717, 1.165) is 18.9 Å². The molecule has 0 radical (unpaired) electrons.